The van der Waals surface area contributed by atoms with Crippen LogP contribution in [-0.2, 0) is 0 Å². The number of nitrogens with zero attached hydrogens (tertiary/aromatic N) is 1. The SMILES string of the molecule is CC(C)C=Cc1ccc(C(=O)Nc2ccc3ncccc3c2)cc1. The highest BCUT2D eigenvalue weighted by molar-refractivity contribution is 6.05. The fourth-order valence-corrected chi connectivity index (χ4v) is 2.41. The summed E-state index contributed by atoms with van der Waals surface area (Å²) in [5, 5.41) is 3.94. The molecule has 1 aromatic heterocycles. The van der Waals surface area contributed by atoms with Crippen molar-refractivity contribution in [2.45, 2.75) is 13.8 Å². The Hall–Kier alpha value is -2.94. The summed E-state index contributed by atoms with van der Waals surface area (Å²) in [7, 11) is 0. The smallest absolute Gasteiger partial charge is 0.255 e. The lowest BCUT2D eigenvalue weighted by molar-refractivity contribution is 0.102. The highest BCUT2D eigenvalue weighted by Crippen LogP contribution is 2.18. The maximum atomic E-state index is 12.4. The number of rotatable bonds is 4. The van der Waals surface area contributed by atoms with Crippen LogP contribution in [0.15, 0.2) is 66.9 Å². The number of hydrogen-bond donors (Lipinski definition) is 1. The molecule has 0 aliphatic heterocycles. The van der Waals surface area contributed by atoms with Crippen molar-refractivity contribution in [3.8, 4) is 0 Å². The summed E-state index contributed by atoms with van der Waals surface area (Å²) in [5.41, 5.74) is 3.42. The number of pyridine rings is 1. The van der Waals surface area contributed by atoms with Crippen molar-refractivity contribution >= 4 is 28.6 Å². The van der Waals surface area contributed by atoms with E-state index in [4.69, 9.17) is 0 Å². The fraction of sp³-hybridized carbons (Fsp3) is 0.143. The van der Waals surface area contributed by atoms with Crippen molar-refractivity contribution in [3.63, 3.8) is 0 Å². The molecule has 0 saturated carbocycles. The van der Waals surface area contributed by atoms with E-state index in [0.717, 1.165) is 22.2 Å². The maximum absolute atomic E-state index is 12.4. The molecule has 0 radical (unpaired) electrons. The van der Waals surface area contributed by atoms with Gasteiger partial charge in [-0.25, -0.2) is 0 Å². The molecule has 1 N–H and O–H groups in total. The van der Waals surface area contributed by atoms with E-state index >= 15 is 0 Å². The van der Waals surface area contributed by atoms with Gasteiger partial charge >= 0.3 is 0 Å². The molecule has 1 heterocycles. The number of benzene rings is 2. The molecule has 3 nitrogen and oxygen atoms in total. The van der Waals surface area contributed by atoms with Gasteiger partial charge in [-0.05, 0) is 47.9 Å². The van der Waals surface area contributed by atoms with Gasteiger partial charge in [-0.2, -0.15) is 0 Å². The van der Waals surface area contributed by atoms with Crippen molar-refractivity contribution in [1.82, 2.24) is 4.98 Å². The van der Waals surface area contributed by atoms with Gasteiger partial charge in [-0.3, -0.25) is 9.78 Å². The quantitative estimate of drug-likeness (QED) is 0.722. The van der Waals surface area contributed by atoms with E-state index in [2.05, 4.69) is 36.3 Å². The summed E-state index contributed by atoms with van der Waals surface area (Å²) >= 11 is 0. The minimum Gasteiger partial charge on any atom is -0.322 e. The molecule has 3 heteroatoms. The molecule has 0 unspecified atom stereocenters. The van der Waals surface area contributed by atoms with Crippen molar-refractivity contribution < 1.29 is 4.79 Å². The zero-order chi connectivity index (χ0) is 16.9. The first-order valence-electron chi connectivity index (χ1n) is 8.06. The van der Waals surface area contributed by atoms with Crippen LogP contribution in [0.2, 0.25) is 0 Å². The van der Waals surface area contributed by atoms with Gasteiger partial charge in [0.15, 0.2) is 0 Å². The van der Waals surface area contributed by atoms with Crippen LogP contribution in [0.4, 0.5) is 5.69 Å². The molecule has 0 saturated heterocycles. The van der Waals surface area contributed by atoms with Gasteiger partial charge in [0, 0.05) is 22.8 Å². The minimum absolute atomic E-state index is 0.113. The number of carbonyl (C=O) groups excluding carboxylic acids is 1. The van der Waals surface area contributed by atoms with Gasteiger partial charge in [0.05, 0.1) is 5.52 Å². The number of nitrogens with one attached hydrogen (secondary N) is 1. The van der Waals surface area contributed by atoms with Gasteiger partial charge in [0.2, 0.25) is 0 Å². The number of fused-ring (bicyclic) bond motifs is 1. The Morgan fingerprint density at radius 1 is 1.08 bits per heavy atom. The summed E-state index contributed by atoms with van der Waals surface area (Å²) in [6.45, 7) is 4.27. The Kier molecular flexibility index (Phi) is 4.71. The highest BCUT2D eigenvalue weighted by Gasteiger charge is 2.06. The van der Waals surface area contributed by atoms with Gasteiger partial charge in [-0.15, -0.1) is 0 Å². The van der Waals surface area contributed by atoms with Crippen molar-refractivity contribution in [2.75, 3.05) is 5.32 Å². The van der Waals surface area contributed by atoms with Gasteiger partial charge in [0.1, 0.15) is 0 Å². The van der Waals surface area contributed by atoms with Crippen LogP contribution in [0, 0.1) is 5.92 Å². The van der Waals surface area contributed by atoms with Crippen LogP contribution in [0.3, 0.4) is 0 Å². The topological polar surface area (TPSA) is 42.0 Å². The number of anilines is 1. The average Bonchev–Trinajstić information content (AvgIpc) is 2.60. The number of carbonyl (C=O) groups is 1. The summed E-state index contributed by atoms with van der Waals surface area (Å²) in [6.07, 6.45) is 5.97. The number of amides is 1. The average molecular weight is 316 g/mol. The van der Waals surface area contributed by atoms with E-state index in [1.807, 2.05) is 54.6 Å². The largest absolute Gasteiger partial charge is 0.322 e. The Morgan fingerprint density at radius 2 is 1.88 bits per heavy atom. The van der Waals surface area contributed by atoms with Crippen molar-refractivity contribution in [1.29, 1.82) is 0 Å². The van der Waals surface area contributed by atoms with E-state index in [1.165, 1.54) is 0 Å². The number of hydrogen-bond acceptors (Lipinski definition) is 2. The number of allylic oxidation sites excluding steroid dienone is 1. The minimum atomic E-state index is -0.113. The first kappa shape index (κ1) is 15.9. The van der Waals surface area contributed by atoms with Gasteiger partial charge in [-0.1, -0.05) is 44.2 Å². The molecule has 3 aromatic rings. The zero-order valence-electron chi connectivity index (χ0n) is 13.9. The first-order valence-corrected chi connectivity index (χ1v) is 8.06. The maximum Gasteiger partial charge on any atom is 0.255 e. The lowest BCUT2D eigenvalue weighted by Gasteiger charge is -2.07. The molecule has 2 aromatic carbocycles. The normalized spacial score (nSPS) is 11.3. The molecule has 0 bridgehead atoms. The summed E-state index contributed by atoms with van der Waals surface area (Å²) in [4.78, 5) is 16.7. The fourth-order valence-electron chi connectivity index (χ4n) is 2.41. The third-order valence-electron chi connectivity index (χ3n) is 3.71. The van der Waals surface area contributed by atoms with Crippen LogP contribution < -0.4 is 5.32 Å². The van der Waals surface area contributed by atoms with E-state index < -0.39 is 0 Å². The molecule has 0 aliphatic rings. The Balaban J connectivity index is 1.73. The van der Waals surface area contributed by atoms with Crippen LogP contribution in [0.1, 0.15) is 29.8 Å². The standard InChI is InChI=1S/C21H20N2O/c1-15(2)5-6-16-7-9-17(10-8-16)21(24)23-19-11-12-20-18(14-19)4-3-13-22-20/h3-15H,1-2H3,(H,23,24). The van der Waals surface area contributed by atoms with Crippen LogP contribution in [0.5, 0.6) is 0 Å². The molecular formula is C21H20N2O. The van der Waals surface area contributed by atoms with Gasteiger partial charge in [0.25, 0.3) is 5.91 Å². The Morgan fingerprint density at radius 3 is 2.62 bits per heavy atom. The van der Waals surface area contributed by atoms with E-state index in [0.29, 0.717) is 11.5 Å². The van der Waals surface area contributed by atoms with Crippen molar-refractivity contribution in [2.24, 2.45) is 5.92 Å². The molecule has 24 heavy (non-hydrogen) atoms. The number of aromatic nitrogens is 1. The summed E-state index contributed by atoms with van der Waals surface area (Å²) in [6, 6.07) is 17.2. The molecule has 0 aliphatic carbocycles. The van der Waals surface area contributed by atoms with Crippen LogP contribution >= 0.6 is 0 Å². The monoisotopic (exact) mass is 316 g/mol. The lowest BCUT2D eigenvalue weighted by atomic mass is 10.1. The second kappa shape index (κ2) is 7.09. The highest BCUT2D eigenvalue weighted by atomic mass is 16.1. The molecule has 0 spiro atoms. The zero-order valence-corrected chi connectivity index (χ0v) is 13.9. The second-order valence-electron chi connectivity index (χ2n) is 6.09. The first-order chi connectivity index (χ1) is 11.6. The van der Waals surface area contributed by atoms with E-state index in [1.54, 1.807) is 6.20 Å². The third kappa shape index (κ3) is 3.87. The predicted molar refractivity (Wildman–Crippen MR) is 100 cm³/mol. The molecule has 120 valence electrons. The molecular weight excluding hydrogens is 296 g/mol. The molecule has 1 amide bonds. The summed E-state index contributed by atoms with van der Waals surface area (Å²) < 4.78 is 0. The summed E-state index contributed by atoms with van der Waals surface area (Å²) in [5.74, 6) is 0.396. The van der Waals surface area contributed by atoms with Crippen LogP contribution in [-0.4, -0.2) is 10.9 Å². The second-order valence-corrected chi connectivity index (χ2v) is 6.09. The van der Waals surface area contributed by atoms with Crippen LogP contribution in [0.25, 0.3) is 17.0 Å². The van der Waals surface area contributed by atoms with E-state index in [9.17, 15) is 4.79 Å². The Labute approximate surface area is 142 Å². The lowest BCUT2D eigenvalue weighted by Crippen LogP contribution is -2.11. The Bertz CT molecular complexity index is 880. The van der Waals surface area contributed by atoms with E-state index in [-0.39, 0.29) is 5.91 Å². The molecule has 0 atom stereocenters. The predicted octanol–water partition coefficient (Wildman–Crippen LogP) is 5.16. The van der Waals surface area contributed by atoms with Gasteiger partial charge < -0.3 is 5.32 Å². The molecule has 0 fully saturated rings. The third-order valence-corrected chi connectivity index (χ3v) is 3.71. The van der Waals surface area contributed by atoms with Crippen molar-refractivity contribution in [3.05, 3.63) is 78.0 Å². The molecule has 3 rings (SSSR count).